The maximum absolute atomic E-state index is 10.7. The van der Waals surface area contributed by atoms with Crippen molar-refractivity contribution >= 4 is 7.82 Å². The van der Waals surface area contributed by atoms with Crippen molar-refractivity contribution in [3.63, 3.8) is 0 Å². The molecule has 0 rings (SSSR count). The number of phosphoric acid groups is 1. The van der Waals surface area contributed by atoms with Crippen LogP contribution in [-0.4, -0.2) is 11.5 Å². The maximum atomic E-state index is 10.7. The van der Waals surface area contributed by atoms with E-state index in [1.54, 1.807) is 6.11 Å². The minimum Gasteiger partial charge on any atom is -1.00 e. The van der Waals surface area contributed by atoms with Crippen LogP contribution in [-0.2, 0) is 13.6 Å². The van der Waals surface area contributed by atoms with E-state index in [-0.39, 0.29) is 68.6 Å². The Balaban J connectivity index is -0.0000000833. The predicted octanol–water partition coefficient (Wildman–Crippen LogP) is -4.26. The third-order valence-electron chi connectivity index (χ3n) is 0.920. The fourth-order valence-corrected chi connectivity index (χ4v) is 0.963. The van der Waals surface area contributed by atoms with Gasteiger partial charge in [0.05, 0.1) is 6.61 Å². The predicted molar refractivity (Wildman–Crippen MR) is 42.8 cm³/mol. The summed E-state index contributed by atoms with van der Waals surface area (Å²) in [5, 5.41) is 0. The summed E-state index contributed by atoms with van der Waals surface area (Å²) in [4.78, 5) is 8.71. The van der Waals surface area contributed by atoms with Crippen molar-refractivity contribution in [1.29, 1.82) is 0 Å². The fourth-order valence-electron chi connectivity index (χ4n) is 0.417. The monoisotopic (exact) mass is 226 g/mol. The van der Waals surface area contributed by atoms with Gasteiger partial charge in [-0.25, -0.2) is 4.57 Å². The third-order valence-corrected chi connectivity index (χ3v) is 1.77. The Bertz CT molecular complexity index is 200. The molecule has 0 fully saturated rings. The molecule has 7 heteroatoms. The molecule has 0 aliphatic heterocycles. The number of unbranched alkanes of at least 4 members (excludes halogenated alkanes) is 1. The van der Waals surface area contributed by atoms with Crippen LogP contribution in [0.2, 0.25) is 0 Å². The average Bonchev–Trinajstić information content (AvgIpc) is 1.87. The van der Waals surface area contributed by atoms with Gasteiger partial charge in [-0.2, -0.15) is 0 Å². The van der Waals surface area contributed by atoms with E-state index in [0.717, 1.165) is 6.42 Å². The van der Waals surface area contributed by atoms with Gasteiger partial charge in [0.2, 0.25) is 0 Å². The Labute approximate surface area is 126 Å². The van der Waals surface area contributed by atoms with Crippen molar-refractivity contribution < 1.29 is 80.5 Å². The van der Waals surface area contributed by atoms with Crippen molar-refractivity contribution in [2.75, 3.05) is 6.61 Å². The number of hydrogen-bond acceptors (Lipinski definition) is 3. The first-order chi connectivity index (χ1) is 5.12. The van der Waals surface area contributed by atoms with Gasteiger partial charge in [-0.3, -0.25) is 9.42 Å². The largest absolute Gasteiger partial charge is 1.00 e. The molecular weight excluding hydrogens is 213 g/mol. The summed E-state index contributed by atoms with van der Waals surface area (Å²) < 4.78 is 19.1. The summed E-state index contributed by atoms with van der Waals surface area (Å²) in [6.45, 7) is 2.12. The second-order valence-corrected chi connectivity index (χ2v) is 3.24. The van der Waals surface area contributed by atoms with Crippen LogP contribution in [0, 0.1) is 12.5 Å². The molecule has 1 N–H and O–H groups in total. The second-order valence-electron chi connectivity index (χ2n) is 1.86. The summed E-state index contributed by atoms with van der Waals surface area (Å²) in [6, 6.07) is 0. The molecule has 1 unspecified atom stereocenters. The molecule has 0 saturated carbocycles. The molecule has 0 amide bonds. The Hall–Kier alpha value is 1.51. The number of phosphoric ester groups is 1. The average molecular weight is 226 g/mol. The molecule has 0 aromatic rings. The molecule has 13 heavy (non-hydrogen) atoms. The Kier molecular flexibility index (Phi) is 17.8. The van der Waals surface area contributed by atoms with E-state index in [1.165, 1.54) is 0 Å². The van der Waals surface area contributed by atoms with Gasteiger partial charge in [-0.15, -0.1) is 0 Å². The van der Waals surface area contributed by atoms with Crippen LogP contribution < -0.4 is 59.1 Å². The van der Waals surface area contributed by atoms with Gasteiger partial charge in [0.15, 0.2) is 0 Å². The summed E-state index contributed by atoms with van der Waals surface area (Å²) in [5.41, 5.74) is 0. The van der Waals surface area contributed by atoms with Gasteiger partial charge in [0.25, 0.3) is 0 Å². The Morgan fingerprint density at radius 1 is 1.62 bits per heavy atom. The zero-order chi connectivity index (χ0) is 8.74. The summed E-state index contributed by atoms with van der Waals surface area (Å²) in [7, 11) is -3.96. The molecule has 0 bridgehead atoms. The molecule has 0 aromatic carbocycles. The standard InChI is InChI=1S/C6H11O4P.2Na.2H/c1-3-5-6-10-11(7,8)9-4-2;;;;/h2H,3,5-6H2,1H3,(H,7,8);;;;/q;2*+1;2*-1. The van der Waals surface area contributed by atoms with Crippen LogP contribution in [0.5, 0.6) is 0 Å². The zero-order valence-electron chi connectivity index (χ0n) is 10.3. The van der Waals surface area contributed by atoms with Crippen LogP contribution >= 0.6 is 7.82 Å². The van der Waals surface area contributed by atoms with Gasteiger partial charge in [0, 0.05) is 0 Å². The van der Waals surface area contributed by atoms with E-state index in [2.05, 4.69) is 15.5 Å². The molecule has 0 aliphatic rings. The van der Waals surface area contributed by atoms with Crippen molar-refractivity contribution in [2.24, 2.45) is 0 Å². The smallest absolute Gasteiger partial charge is 1.00 e. The van der Waals surface area contributed by atoms with Crippen LogP contribution in [0.1, 0.15) is 22.6 Å². The summed E-state index contributed by atoms with van der Waals surface area (Å²) >= 11 is 0. The van der Waals surface area contributed by atoms with Gasteiger partial charge in [-0.05, 0) is 6.42 Å². The quantitative estimate of drug-likeness (QED) is 0.223. The molecule has 1 atom stereocenters. The molecule has 4 nitrogen and oxygen atoms in total. The van der Waals surface area contributed by atoms with Crippen molar-refractivity contribution in [3.05, 3.63) is 0 Å². The summed E-state index contributed by atoms with van der Waals surface area (Å²) in [5.74, 6) is 0. The van der Waals surface area contributed by atoms with E-state index in [0.29, 0.717) is 6.42 Å². The molecule has 0 aromatic heterocycles. The number of hydrogen-bond donors (Lipinski definition) is 1. The van der Waals surface area contributed by atoms with E-state index < -0.39 is 7.82 Å². The van der Waals surface area contributed by atoms with E-state index in [9.17, 15) is 4.57 Å². The zero-order valence-corrected chi connectivity index (χ0v) is 13.2. The Morgan fingerprint density at radius 2 is 2.15 bits per heavy atom. The minimum absolute atomic E-state index is 0. The molecule has 0 heterocycles. The molecule has 0 saturated heterocycles. The molecule has 0 radical (unpaired) electrons. The van der Waals surface area contributed by atoms with Gasteiger partial charge >= 0.3 is 66.9 Å². The first-order valence-corrected chi connectivity index (χ1v) is 4.73. The number of terminal acetylenes is 1. The van der Waals surface area contributed by atoms with Crippen molar-refractivity contribution in [3.8, 4) is 12.5 Å². The molecule has 68 valence electrons. The fraction of sp³-hybridized carbons (Fsp3) is 0.667. The maximum Gasteiger partial charge on any atom is 1.00 e. The summed E-state index contributed by atoms with van der Waals surface area (Å²) in [6.07, 6.45) is 7.82. The van der Waals surface area contributed by atoms with Crippen LogP contribution in [0.15, 0.2) is 0 Å². The van der Waals surface area contributed by atoms with Crippen molar-refractivity contribution in [2.45, 2.75) is 19.8 Å². The Morgan fingerprint density at radius 3 is 2.54 bits per heavy atom. The van der Waals surface area contributed by atoms with Crippen LogP contribution in [0.4, 0.5) is 0 Å². The van der Waals surface area contributed by atoms with E-state index >= 15 is 0 Å². The van der Waals surface area contributed by atoms with E-state index in [1.807, 2.05) is 6.92 Å². The topological polar surface area (TPSA) is 55.8 Å². The molecule has 0 spiro atoms. The van der Waals surface area contributed by atoms with Gasteiger partial charge < -0.3 is 7.38 Å². The molecular formula is C6H13Na2O4P. The van der Waals surface area contributed by atoms with Crippen LogP contribution in [0.3, 0.4) is 0 Å². The SMILES string of the molecule is C#COP(=O)(O)OCCCC.[H-].[H-].[Na+].[Na+]. The second kappa shape index (κ2) is 11.6. The third kappa shape index (κ3) is 13.5. The molecule has 0 aliphatic carbocycles. The van der Waals surface area contributed by atoms with Gasteiger partial charge in [0.1, 0.15) is 6.11 Å². The van der Waals surface area contributed by atoms with Gasteiger partial charge in [-0.1, -0.05) is 19.8 Å². The minimum atomic E-state index is -3.96. The number of rotatable bonds is 5. The van der Waals surface area contributed by atoms with Crippen LogP contribution in [0.25, 0.3) is 0 Å². The van der Waals surface area contributed by atoms with E-state index in [4.69, 9.17) is 4.89 Å². The first-order valence-electron chi connectivity index (χ1n) is 3.24. The first kappa shape index (κ1) is 20.0. The van der Waals surface area contributed by atoms with Crippen molar-refractivity contribution in [1.82, 2.24) is 0 Å². The normalized spacial score (nSPS) is 12.7.